The first kappa shape index (κ1) is 25.7. The van der Waals surface area contributed by atoms with Crippen LogP contribution in [-0.4, -0.2) is 40.3 Å². The maximum atomic E-state index is 13.1. The fourth-order valence-electron chi connectivity index (χ4n) is 4.33. The predicted octanol–water partition coefficient (Wildman–Crippen LogP) is 5.73. The van der Waals surface area contributed by atoms with Crippen molar-refractivity contribution in [1.82, 2.24) is 0 Å². The highest BCUT2D eigenvalue weighted by atomic mass is 16.5. The van der Waals surface area contributed by atoms with Gasteiger partial charge in [-0.25, -0.2) is 0 Å². The van der Waals surface area contributed by atoms with Gasteiger partial charge >= 0.3 is 0 Å². The average molecular weight is 525 g/mol. The van der Waals surface area contributed by atoms with Gasteiger partial charge in [-0.05, 0) is 60.7 Å². The van der Waals surface area contributed by atoms with E-state index in [0.717, 1.165) is 5.69 Å². The van der Waals surface area contributed by atoms with Crippen molar-refractivity contribution < 1.29 is 23.4 Å². The summed E-state index contributed by atoms with van der Waals surface area (Å²) in [7, 11) is 5.19. The molecule has 0 atom stereocenters. The van der Waals surface area contributed by atoms with Gasteiger partial charge in [-0.2, -0.15) is 0 Å². The summed E-state index contributed by atoms with van der Waals surface area (Å²) in [4.78, 5) is 28.1. The molecule has 0 unspecified atom stereocenters. The van der Waals surface area contributed by atoms with E-state index in [1.165, 1.54) is 0 Å². The van der Waals surface area contributed by atoms with E-state index >= 15 is 0 Å². The SMILES string of the molecule is COc1ccc(N(C)CCOc2ccc(NC(=O)c3cccc4c(=O)c5ccccc5oc34)cc2)cc1OC. The first-order chi connectivity index (χ1) is 19.0. The Bertz CT molecular complexity index is 1690. The Labute approximate surface area is 225 Å². The Kier molecular flexibility index (Phi) is 7.36. The third kappa shape index (κ3) is 5.36. The summed E-state index contributed by atoms with van der Waals surface area (Å²) >= 11 is 0. The minimum atomic E-state index is -0.371. The molecule has 0 bridgehead atoms. The minimum Gasteiger partial charge on any atom is -0.493 e. The van der Waals surface area contributed by atoms with Gasteiger partial charge < -0.3 is 28.8 Å². The van der Waals surface area contributed by atoms with Crippen LogP contribution < -0.4 is 29.9 Å². The lowest BCUT2D eigenvalue weighted by molar-refractivity contribution is 0.102. The summed E-state index contributed by atoms with van der Waals surface area (Å²) in [6.07, 6.45) is 0. The van der Waals surface area contributed by atoms with E-state index in [1.807, 2.05) is 25.2 Å². The molecule has 5 rings (SSSR count). The summed E-state index contributed by atoms with van der Waals surface area (Å²) in [6, 6.07) is 24.9. The van der Waals surface area contributed by atoms with Crippen LogP contribution in [0.5, 0.6) is 17.2 Å². The third-order valence-electron chi connectivity index (χ3n) is 6.46. The van der Waals surface area contributed by atoms with Crippen molar-refractivity contribution in [1.29, 1.82) is 0 Å². The van der Waals surface area contributed by atoms with Gasteiger partial charge in [0, 0.05) is 24.5 Å². The summed E-state index contributed by atoms with van der Waals surface area (Å²) in [5.74, 6) is 1.65. The molecule has 8 heteroatoms. The zero-order valence-electron chi connectivity index (χ0n) is 21.9. The van der Waals surface area contributed by atoms with Crippen LogP contribution in [0.25, 0.3) is 21.9 Å². The van der Waals surface area contributed by atoms with Crippen LogP contribution in [0.1, 0.15) is 10.4 Å². The van der Waals surface area contributed by atoms with Crippen LogP contribution in [0.2, 0.25) is 0 Å². The number of hydrogen-bond acceptors (Lipinski definition) is 7. The number of nitrogens with one attached hydrogen (secondary N) is 1. The molecule has 0 saturated heterocycles. The second-order valence-corrected chi connectivity index (χ2v) is 8.90. The molecule has 0 fully saturated rings. The monoisotopic (exact) mass is 524 g/mol. The molecule has 0 aliphatic carbocycles. The highest BCUT2D eigenvalue weighted by molar-refractivity contribution is 6.12. The highest BCUT2D eigenvalue weighted by Gasteiger charge is 2.16. The molecular weight excluding hydrogens is 496 g/mol. The second kappa shape index (κ2) is 11.2. The Hall–Kier alpha value is -4.98. The summed E-state index contributed by atoms with van der Waals surface area (Å²) in [5.41, 5.74) is 2.39. The maximum absolute atomic E-state index is 13.1. The minimum absolute atomic E-state index is 0.167. The van der Waals surface area contributed by atoms with Gasteiger partial charge in [0.2, 0.25) is 5.43 Å². The van der Waals surface area contributed by atoms with E-state index in [-0.39, 0.29) is 22.5 Å². The number of methoxy groups -OCH3 is 2. The molecule has 198 valence electrons. The molecule has 0 radical (unpaired) electrons. The Morgan fingerprint density at radius 2 is 1.62 bits per heavy atom. The topological polar surface area (TPSA) is 90.2 Å². The first-order valence-electron chi connectivity index (χ1n) is 12.4. The molecule has 1 N–H and O–H groups in total. The normalized spacial score (nSPS) is 10.8. The van der Waals surface area contributed by atoms with Crippen LogP contribution >= 0.6 is 0 Å². The van der Waals surface area contributed by atoms with Gasteiger partial charge in [0.05, 0.1) is 37.1 Å². The number of amides is 1. The Morgan fingerprint density at radius 1 is 0.872 bits per heavy atom. The zero-order chi connectivity index (χ0) is 27.4. The van der Waals surface area contributed by atoms with E-state index < -0.39 is 0 Å². The number of carbonyl (C=O) groups is 1. The lowest BCUT2D eigenvalue weighted by Gasteiger charge is -2.21. The molecule has 0 aliphatic heterocycles. The molecule has 1 aromatic heterocycles. The fourth-order valence-corrected chi connectivity index (χ4v) is 4.33. The number of carbonyl (C=O) groups excluding carboxylic acids is 1. The summed E-state index contributed by atoms with van der Waals surface area (Å²) < 4.78 is 22.5. The highest BCUT2D eigenvalue weighted by Crippen LogP contribution is 2.31. The van der Waals surface area contributed by atoms with Crippen molar-refractivity contribution >= 4 is 39.2 Å². The largest absolute Gasteiger partial charge is 0.493 e. The molecule has 0 aliphatic rings. The van der Waals surface area contributed by atoms with Gasteiger partial charge in [-0.15, -0.1) is 0 Å². The van der Waals surface area contributed by atoms with Gasteiger partial charge in [0.1, 0.15) is 17.9 Å². The molecule has 4 aromatic carbocycles. The predicted molar refractivity (Wildman–Crippen MR) is 153 cm³/mol. The smallest absolute Gasteiger partial charge is 0.259 e. The first-order valence-corrected chi connectivity index (χ1v) is 12.4. The molecule has 1 amide bonds. The van der Waals surface area contributed by atoms with E-state index in [2.05, 4.69) is 10.2 Å². The van der Waals surface area contributed by atoms with Crippen molar-refractivity contribution in [2.24, 2.45) is 0 Å². The van der Waals surface area contributed by atoms with Crippen LogP contribution in [0, 0.1) is 0 Å². The number of para-hydroxylation sites is 2. The van der Waals surface area contributed by atoms with Crippen molar-refractivity contribution in [3.8, 4) is 17.2 Å². The number of likely N-dealkylation sites (N-methyl/N-ethyl adjacent to an activating group) is 1. The average Bonchev–Trinajstić information content (AvgIpc) is 2.97. The fraction of sp³-hybridized carbons (Fsp3) is 0.161. The van der Waals surface area contributed by atoms with Gasteiger partial charge in [-0.3, -0.25) is 9.59 Å². The van der Waals surface area contributed by atoms with Crippen molar-refractivity contribution in [2.45, 2.75) is 0 Å². The number of fused-ring (bicyclic) bond motifs is 2. The number of nitrogens with zero attached hydrogens (tertiary/aromatic N) is 1. The number of benzene rings is 4. The van der Waals surface area contributed by atoms with Crippen molar-refractivity contribution in [3.05, 3.63) is 101 Å². The molecule has 8 nitrogen and oxygen atoms in total. The van der Waals surface area contributed by atoms with Gasteiger partial charge in [-0.1, -0.05) is 18.2 Å². The van der Waals surface area contributed by atoms with Crippen LogP contribution in [0.4, 0.5) is 11.4 Å². The van der Waals surface area contributed by atoms with E-state index in [4.69, 9.17) is 18.6 Å². The van der Waals surface area contributed by atoms with Gasteiger partial charge in [0.15, 0.2) is 17.1 Å². The molecule has 0 saturated carbocycles. The zero-order valence-corrected chi connectivity index (χ0v) is 21.9. The number of hydrogen-bond donors (Lipinski definition) is 1. The molecule has 39 heavy (non-hydrogen) atoms. The molecule has 1 heterocycles. The van der Waals surface area contributed by atoms with Crippen molar-refractivity contribution in [3.63, 3.8) is 0 Å². The molecule has 0 spiro atoms. The van der Waals surface area contributed by atoms with Crippen LogP contribution in [-0.2, 0) is 0 Å². The molecule has 5 aromatic rings. The second-order valence-electron chi connectivity index (χ2n) is 8.90. The lowest BCUT2D eigenvalue weighted by atomic mass is 10.1. The van der Waals surface area contributed by atoms with Crippen LogP contribution in [0.3, 0.4) is 0 Å². The quantitative estimate of drug-likeness (QED) is 0.246. The lowest BCUT2D eigenvalue weighted by Crippen LogP contribution is -2.23. The maximum Gasteiger partial charge on any atom is 0.259 e. The summed E-state index contributed by atoms with van der Waals surface area (Å²) in [6.45, 7) is 1.11. The van der Waals surface area contributed by atoms with E-state index in [1.54, 1.807) is 80.9 Å². The molecular formula is C31H28N2O6. The van der Waals surface area contributed by atoms with Crippen molar-refractivity contribution in [2.75, 3.05) is 44.6 Å². The van der Waals surface area contributed by atoms with E-state index in [9.17, 15) is 9.59 Å². The number of rotatable bonds is 9. The van der Waals surface area contributed by atoms with Gasteiger partial charge in [0.25, 0.3) is 5.91 Å². The van der Waals surface area contributed by atoms with Crippen LogP contribution in [0.15, 0.2) is 94.1 Å². The summed E-state index contributed by atoms with van der Waals surface area (Å²) in [5, 5.41) is 3.72. The third-order valence-corrected chi connectivity index (χ3v) is 6.46. The Balaban J connectivity index is 1.23. The number of anilines is 2. The van der Waals surface area contributed by atoms with E-state index in [0.29, 0.717) is 52.4 Å². The Morgan fingerprint density at radius 3 is 2.38 bits per heavy atom. The number of ether oxygens (including phenoxy) is 3. The standard InChI is InChI=1S/C31H28N2O6/c1-33(21-13-16-27(36-2)28(19-21)37-3)17-18-38-22-14-11-20(12-15-22)32-31(35)25-9-6-8-24-29(34)23-7-4-5-10-26(23)39-30(24)25/h4-16,19H,17-18H2,1-3H3,(H,32,35).